The van der Waals surface area contributed by atoms with Gasteiger partial charge in [0, 0.05) is 11.8 Å². The van der Waals surface area contributed by atoms with Crippen LogP contribution in [0.3, 0.4) is 0 Å². The van der Waals surface area contributed by atoms with Gasteiger partial charge in [-0.3, -0.25) is 4.57 Å². The van der Waals surface area contributed by atoms with Gasteiger partial charge in [-0.15, -0.1) is 0 Å². The summed E-state index contributed by atoms with van der Waals surface area (Å²) in [7, 11) is 0. The zero-order valence-corrected chi connectivity index (χ0v) is 13.7. The molecule has 128 valence electrons. The van der Waals surface area contributed by atoms with Gasteiger partial charge in [0.25, 0.3) is 0 Å². The van der Waals surface area contributed by atoms with Crippen LogP contribution in [0.1, 0.15) is 49.8 Å². The third kappa shape index (κ3) is 3.14. The lowest BCUT2D eigenvalue weighted by Gasteiger charge is -2.25. The second kappa shape index (κ2) is 6.82. The summed E-state index contributed by atoms with van der Waals surface area (Å²) < 4.78 is 7.28. The average Bonchev–Trinajstić information content (AvgIpc) is 2.84. The number of nitrogens with zero attached hydrogens (tertiary/aromatic N) is 2. The summed E-state index contributed by atoms with van der Waals surface area (Å²) in [5.41, 5.74) is 6.96. The molecule has 1 aliphatic heterocycles. The van der Waals surface area contributed by atoms with E-state index in [4.69, 9.17) is 22.7 Å². The van der Waals surface area contributed by atoms with E-state index in [0.29, 0.717) is 11.7 Å². The first-order valence-corrected chi connectivity index (χ1v) is 8.44. The third-order valence-electron chi connectivity index (χ3n) is 4.85. The smallest absolute Gasteiger partial charge is 0.203 e. The zero-order chi connectivity index (χ0) is 16.6. The van der Waals surface area contributed by atoms with Crippen LogP contribution in [0.15, 0.2) is 6.20 Å². The standard InChI is InChI=1S/C15H23N3O4S/c16-13-9(8-4-2-1-3-5-8)6-18(15(23)17-13)14-12(21)11(20)10(7-19)22-14/h6,8,10-12,14,19-21H,1-5,7H2,(H2,16,17,23)/t10-,11-,12+,14-/m1/s1. The van der Waals surface area contributed by atoms with Crippen molar-refractivity contribution in [1.29, 1.82) is 0 Å². The van der Waals surface area contributed by atoms with Crippen molar-refractivity contribution in [3.63, 3.8) is 0 Å². The van der Waals surface area contributed by atoms with Crippen LogP contribution < -0.4 is 5.73 Å². The van der Waals surface area contributed by atoms with E-state index >= 15 is 0 Å². The van der Waals surface area contributed by atoms with Crippen molar-refractivity contribution in [3.05, 3.63) is 16.5 Å². The summed E-state index contributed by atoms with van der Waals surface area (Å²) in [5.74, 6) is 0.750. The second-order valence-electron chi connectivity index (χ2n) is 6.34. The molecule has 0 amide bonds. The van der Waals surface area contributed by atoms with Crippen LogP contribution in [-0.2, 0) is 4.74 Å². The fourth-order valence-electron chi connectivity index (χ4n) is 3.52. The molecule has 1 saturated carbocycles. The Labute approximate surface area is 139 Å². The highest BCUT2D eigenvalue weighted by Gasteiger charge is 2.43. The minimum absolute atomic E-state index is 0.192. The van der Waals surface area contributed by atoms with E-state index in [9.17, 15) is 15.3 Å². The Bertz CT molecular complexity index is 617. The van der Waals surface area contributed by atoms with Crippen molar-refractivity contribution in [2.75, 3.05) is 12.3 Å². The molecule has 4 atom stereocenters. The number of nitrogen functional groups attached to an aromatic ring is 1. The quantitative estimate of drug-likeness (QED) is 0.603. The molecule has 0 bridgehead atoms. The summed E-state index contributed by atoms with van der Waals surface area (Å²) in [6.45, 7) is -0.375. The van der Waals surface area contributed by atoms with Crippen LogP contribution in [0.4, 0.5) is 5.82 Å². The molecule has 8 heteroatoms. The summed E-state index contributed by atoms with van der Waals surface area (Å²) in [5, 5.41) is 29.3. The Balaban J connectivity index is 1.94. The Hall–Kier alpha value is -1.06. The van der Waals surface area contributed by atoms with E-state index in [1.165, 1.54) is 6.42 Å². The molecule has 1 aromatic rings. The lowest BCUT2D eigenvalue weighted by molar-refractivity contribution is -0.0542. The highest BCUT2D eigenvalue weighted by atomic mass is 32.1. The highest BCUT2D eigenvalue weighted by molar-refractivity contribution is 7.71. The largest absolute Gasteiger partial charge is 0.394 e. The Morgan fingerprint density at radius 3 is 2.57 bits per heavy atom. The topological polar surface area (TPSA) is 114 Å². The molecular weight excluding hydrogens is 318 g/mol. The molecule has 0 aromatic carbocycles. The van der Waals surface area contributed by atoms with Crippen LogP contribution >= 0.6 is 12.2 Å². The van der Waals surface area contributed by atoms with E-state index < -0.39 is 24.5 Å². The van der Waals surface area contributed by atoms with Gasteiger partial charge in [0.05, 0.1) is 6.61 Å². The van der Waals surface area contributed by atoms with Gasteiger partial charge in [-0.25, -0.2) is 4.98 Å². The molecule has 23 heavy (non-hydrogen) atoms. The minimum atomic E-state index is -1.18. The van der Waals surface area contributed by atoms with Gasteiger partial charge in [0.15, 0.2) is 6.23 Å². The van der Waals surface area contributed by atoms with E-state index in [2.05, 4.69) is 4.98 Å². The third-order valence-corrected chi connectivity index (χ3v) is 5.15. The van der Waals surface area contributed by atoms with Crippen molar-refractivity contribution >= 4 is 18.0 Å². The first-order chi connectivity index (χ1) is 11.0. The van der Waals surface area contributed by atoms with E-state index in [-0.39, 0.29) is 11.4 Å². The first kappa shape index (κ1) is 16.8. The zero-order valence-electron chi connectivity index (χ0n) is 12.8. The van der Waals surface area contributed by atoms with Crippen molar-refractivity contribution in [2.45, 2.75) is 62.6 Å². The van der Waals surface area contributed by atoms with Gasteiger partial charge in [0.2, 0.25) is 4.77 Å². The second-order valence-corrected chi connectivity index (χ2v) is 6.70. The minimum Gasteiger partial charge on any atom is -0.394 e. The molecular formula is C15H23N3O4S. The number of nitrogens with two attached hydrogens (primary N) is 1. The number of hydrogen-bond acceptors (Lipinski definition) is 7. The van der Waals surface area contributed by atoms with Gasteiger partial charge < -0.3 is 25.8 Å². The number of hydrogen-bond donors (Lipinski definition) is 4. The number of aromatic nitrogens is 2. The maximum Gasteiger partial charge on any atom is 0.203 e. The molecule has 0 spiro atoms. The van der Waals surface area contributed by atoms with E-state index in [0.717, 1.165) is 31.2 Å². The number of aliphatic hydroxyl groups is 3. The Morgan fingerprint density at radius 1 is 1.26 bits per heavy atom. The summed E-state index contributed by atoms with van der Waals surface area (Å²) in [4.78, 5) is 4.22. The number of anilines is 1. The van der Waals surface area contributed by atoms with Crippen molar-refractivity contribution < 1.29 is 20.1 Å². The van der Waals surface area contributed by atoms with Crippen LogP contribution in [0.25, 0.3) is 0 Å². The Kier molecular flexibility index (Phi) is 4.98. The average molecular weight is 341 g/mol. The van der Waals surface area contributed by atoms with Crippen LogP contribution in [0.5, 0.6) is 0 Å². The lowest BCUT2D eigenvalue weighted by atomic mass is 9.85. The molecule has 3 rings (SSSR count). The molecule has 5 N–H and O–H groups in total. The Morgan fingerprint density at radius 2 is 1.96 bits per heavy atom. The van der Waals surface area contributed by atoms with E-state index in [1.54, 1.807) is 10.8 Å². The van der Waals surface area contributed by atoms with Gasteiger partial charge in [0.1, 0.15) is 24.1 Å². The maximum atomic E-state index is 10.2. The number of ether oxygens (including phenoxy) is 1. The van der Waals surface area contributed by atoms with Gasteiger partial charge in [-0.2, -0.15) is 0 Å². The molecule has 2 fully saturated rings. The van der Waals surface area contributed by atoms with Crippen molar-refractivity contribution in [2.24, 2.45) is 0 Å². The predicted octanol–water partition coefficient (Wildman–Crippen LogP) is 0.854. The highest BCUT2D eigenvalue weighted by Crippen LogP contribution is 2.36. The first-order valence-electron chi connectivity index (χ1n) is 8.04. The summed E-state index contributed by atoms with van der Waals surface area (Å²) in [6, 6.07) is 0. The number of rotatable bonds is 3. The van der Waals surface area contributed by atoms with Crippen molar-refractivity contribution in [1.82, 2.24) is 9.55 Å². The molecule has 7 nitrogen and oxygen atoms in total. The van der Waals surface area contributed by atoms with Gasteiger partial charge >= 0.3 is 0 Å². The monoisotopic (exact) mass is 341 g/mol. The molecule has 1 saturated heterocycles. The van der Waals surface area contributed by atoms with Crippen LogP contribution in [0.2, 0.25) is 0 Å². The van der Waals surface area contributed by atoms with E-state index in [1.807, 2.05) is 0 Å². The summed E-state index contributed by atoms with van der Waals surface area (Å²) in [6.07, 6.45) is 3.40. The molecule has 0 radical (unpaired) electrons. The van der Waals surface area contributed by atoms with Gasteiger partial charge in [-0.1, -0.05) is 19.3 Å². The van der Waals surface area contributed by atoms with Gasteiger partial charge in [-0.05, 0) is 31.0 Å². The van der Waals surface area contributed by atoms with Crippen LogP contribution in [0, 0.1) is 4.77 Å². The maximum absolute atomic E-state index is 10.2. The summed E-state index contributed by atoms with van der Waals surface area (Å²) >= 11 is 5.24. The SMILES string of the molecule is Nc1nc(=S)n([C@@H]2O[C@H](CO)[C@@H](O)[C@@H]2O)cc1C1CCCCC1. The molecule has 1 aliphatic carbocycles. The number of aliphatic hydroxyl groups excluding tert-OH is 3. The predicted molar refractivity (Wildman–Crippen MR) is 86.3 cm³/mol. The molecule has 1 aromatic heterocycles. The fraction of sp³-hybridized carbons (Fsp3) is 0.733. The fourth-order valence-corrected chi connectivity index (χ4v) is 3.77. The molecule has 0 unspecified atom stereocenters. The normalized spacial score (nSPS) is 32.3. The molecule has 2 heterocycles. The lowest BCUT2D eigenvalue weighted by Crippen LogP contribution is -2.33. The molecule has 2 aliphatic rings. The van der Waals surface area contributed by atoms with Crippen LogP contribution in [-0.4, -0.2) is 49.8 Å². The van der Waals surface area contributed by atoms with Crippen molar-refractivity contribution in [3.8, 4) is 0 Å².